The average Bonchev–Trinajstić information content (AvgIpc) is 2.52. The zero-order valence-corrected chi connectivity index (χ0v) is 12.1. The number of carbonyl (C=O) groups is 1. The van der Waals surface area contributed by atoms with Crippen LogP contribution in [0.3, 0.4) is 0 Å². The average molecular weight is 290 g/mol. The van der Waals surface area contributed by atoms with Crippen molar-refractivity contribution in [2.24, 2.45) is 5.92 Å². The highest BCUT2D eigenvalue weighted by Gasteiger charge is 2.26. The molecule has 1 aromatic carbocycles. The van der Waals surface area contributed by atoms with Crippen LogP contribution in [0.2, 0.25) is 0 Å². The number of hydrogen-bond donors (Lipinski definition) is 1. The largest absolute Gasteiger partial charge is 0.481 e. The highest BCUT2D eigenvalue weighted by Crippen LogP contribution is 2.32. The fourth-order valence-electron chi connectivity index (χ4n) is 2.51. The Balaban J connectivity index is 1.82. The first-order valence-electron chi connectivity index (χ1n) is 7.38. The summed E-state index contributed by atoms with van der Waals surface area (Å²) in [5.74, 6) is -0.432. The van der Waals surface area contributed by atoms with Gasteiger partial charge in [0, 0.05) is 12.3 Å². The number of ether oxygens (including phenoxy) is 2. The van der Waals surface area contributed by atoms with E-state index < -0.39 is 5.97 Å². The fourth-order valence-corrected chi connectivity index (χ4v) is 2.51. The SMILES string of the molecule is O=C(O)CCC/C=C\C[C@H]1COCO[C@@H]1c1ccccc1. The van der Waals surface area contributed by atoms with E-state index in [1.807, 2.05) is 18.2 Å². The van der Waals surface area contributed by atoms with Gasteiger partial charge in [0.25, 0.3) is 0 Å². The number of rotatable bonds is 7. The van der Waals surface area contributed by atoms with Gasteiger partial charge in [-0.05, 0) is 24.8 Å². The van der Waals surface area contributed by atoms with Gasteiger partial charge in [-0.2, -0.15) is 0 Å². The molecule has 2 atom stereocenters. The van der Waals surface area contributed by atoms with Crippen LogP contribution in [0.4, 0.5) is 0 Å². The molecule has 0 bridgehead atoms. The van der Waals surface area contributed by atoms with E-state index in [0.29, 0.717) is 25.7 Å². The molecule has 0 aromatic heterocycles. The third-order valence-electron chi connectivity index (χ3n) is 3.59. The molecule has 4 nitrogen and oxygen atoms in total. The summed E-state index contributed by atoms with van der Waals surface area (Å²) >= 11 is 0. The molecule has 1 aromatic rings. The van der Waals surface area contributed by atoms with Gasteiger partial charge in [0.05, 0.1) is 12.7 Å². The van der Waals surface area contributed by atoms with Crippen LogP contribution in [0, 0.1) is 5.92 Å². The third kappa shape index (κ3) is 5.33. The lowest BCUT2D eigenvalue weighted by Crippen LogP contribution is -2.27. The molecule has 0 amide bonds. The van der Waals surface area contributed by atoms with E-state index in [9.17, 15) is 4.79 Å². The van der Waals surface area contributed by atoms with Crippen molar-refractivity contribution in [1.82, 2.24) is 0 Å². The first-order chi connectivity index (χ1) is 10.3. The molecule has 114 valence electrons. The van der Waals surface area contributed by atoms with Crippen molar-refractivity contribution in [2.75, 3.05) is 13.4 Å². The molecule has 1 fully saturated rings. The second kappa shape index (κ2) is 8.60. The smallest absolute Gasteiger partial charge is 0.303 e. The standard InChI is InChI=1S/C17H22O4/c18-16(19)11-7-2-1-4-10-15-12-20-13-21-17(15)14-8-5-3-6-9-14/h1,3-6,8-9,15,17H,2,7,10-13H2,(H,18,19)/b4-1-/t15-,17+/m0/s1. The topological polar surface area (TPSA) is 55.8 Å². The predicted octanol–water partition coefficient (Wildman–Crippen LogP) is 3.55. The summed E-state index contributed by atoms with van der Waals surface area (Å²) in [5.41, 5.74) is 1.19. The summed E-state index contributed by atoms with van der Waals surface area (Å²) in [6.07, 6.45) is 6.84. The molecule has 1 aliphatic heterocycles. The molecule has 0 spiro atoms. The fraction of sp³-hybridized carbons (Fsp3) is 0.471. The molecule has 1 saturated heterocycles. The van der Waals surface area contributed by atoms with E-state index in [0.717, 1.165) is 12.8 Å². The van der Waals surface area contributed by atoms with Gasteiger partial charge in [0.1, 0.15) is 6.79 Å². The zero-order valence-electron chi connectivity index (χ0n) is 12.1. The summed E-state index contributed by atoms with van der Waals surface area (Å²) < 4.78 is 11.2. The summed E-state index contributed by atoms with van der Waals surface area (Å²) in [6.45, 7) is 1.04. The van der Waals surface area contributed by atoms with Crippen LogP contribution in [-0.2, 0) is 14.3 Å². The molecule has 0 saturated carbocycles. The highest BCUT2D eigenvalue weighted by molar-refractivity contribution is 5.66. The van der Waals surface area contributed by atoms with Gasteiger partial charge in [-0.3, -0.25) is 4.79 Å². The number of aliphatic carboxylic acids is 1. The maximum absolute atomic E-state index is 10.4. The molecular weight excluding hydrogens is 268 g/mol. The molecule has 1 N–H and O–H groups in total. The number of hydrogen-bond acceptors (Lipinski definition) is 3. The highest BCUT2D eigenvalue weighted by atomic mass is 16.7. The molecule has 0 radical (unpaired) electrons. The zero-order chi connectivity index (χ0) is 14.9. The quantitative estimate of drug-likeness (QED) is 0.616. The monoisotopic (exact) mass is 290 g/mol. The third-order valence-corrected chi connectivity index (χ3v) is 3.59. The van der Waals surface area contributed by atoms with E-state index in [-0.39, 0.29) is 12.5 Å². The van der Waals surface area contributed by atoms with E-state index in [1.165, 1.54) is 5.56 Å². The minimum Gasteiger partial charge on any atom is -0.481 e. The number of unbranched alkanes of at least 4 members (excludes halogenated alkanes) is 1. The second-order valence-corrected chi connectivity index (χ2v) is 5.24. The predicted molar refractivity (Wildman–Crippen MR) is 79.8 cm³/mol. The molecule has 4 heteroatoms. The lowest BCUT2D eigenvalue weighted by molar-refractivity contribution is -0.171. The van der Waals surface area contributed by atoms with Crippen molar-refractivity contribution in [3.05, 3.63) is 48.0 Å². The molecule has 2 rings (SSSR count). The lowest BCUT2D eigenvalue weighted by atomic mass is 9.92. The summed E-state index contributed by atoms with van der Waals surface area (Å²) in [7, 11) is 0. The minimum absolute atomic E-state index is 0.0728. The molecular formula is C17H22O4. The van der Waals surface area contributed by atoms with Crippen molar-refractivity contribution < 1.29 is 19.4 Å². The van der Waals surface area contributed by atoms with Crippen LogP contribution >= 0.6 is 0 Å². The number of carboxylic acid groups (broad SMARTS) is 1. The molecule has 1 heterocycles. The molecule has 0 aliphatic carbocycles. The van der Waals surface area contributed by atoms with Crippen LogP contribution in [0.25, 0.3) is 0 Å². The van der Waals surface area contributed by atoms with E-state index in [1.54, 1.807) is 0 Å². The number of allylic oxidation sites excluding steroid dienone is 2. The van der Waals surface area contributed by atoms with Crippen LogP contribution in [0.15, 0.2) is 42.5 Å². The Kier molecular flexibility index (Phi) is 6.44. The van der Waals surface area contributed by atoms with Crippen molar-refractivity contribution >= 4 is 5.97 Å². The first kappa shape index (κ1) is 15.7. The van der Waals surface area contributed by atoms with Crippen LogP contribution in [0.5, 0.6) is 0 Å². The van der Waals surface area contributed by atoms with Crippen molar-refractivity contribution in [2.45, 2.75) is 31.8 Å². The van der Waals surface area contributed by atoms with Crippen LogP contribution in [0.1, 0.15) is 37.4 Å². The molecule has 21 heavy (non-hydrogen) atoms. The maximum Gasteiger partial charge on any atom is 0.303 e. The summed E-state index contributed by atoms with van der Waals surface area (Å²) in [4.78, 5) is 10.4. The Morgan fingerprint density at radius 2 is 2.10 bits per heavy atom. The van der Waals surface area contributed by atoms with Crippen molar-refractivity contribution in [3.63, 3.8) is 0 Å². The normalized spacial score (nSPS) is 22.5. The Hall–Kier alpha value is -1.65. The van der Waals surface area contributed by atoms with E-state index in [4.69, 9.17) is 14.6 Å². The van der Waals surface area contributed by atoms with Crippen LogP contribution in [-0.4, -0.2) is 24.5 Å². The Morgan fingerprint density at radius 1 is 1.29 bits per heavy atom. The minimum atomic E-state index is -0.735. The van der Waals surface area contributed by atoms with Crippen molar-refractivity contribution in [1.29, 1.82) is 0 Å². The van der Waals surface area contributed by atoms with Gasteiger partial charge in [-0.15, -0.1) is 0 Å². The van der Waals surface area contributed by atoms with Gasteiger partial charge in [-0.1, -0.05) is 42.5 Å². The maximum atomic E-state index is 10.4. The Labute approximate surface area is 125 Å². The van der Waals surface area contributed by atoms with Gasteiger partial charge in [0.2, 0.25) is 0 Å². The Bertz CT molecular complexity index is 455. The summed E-state index contributed by atoms with van der Waals surface area (Å²) in [6, 6.07) is 10.2. The number of carboxylic acids is 1. The van der Waals surface area contributed by atoms with Gasteiger partial charge < -0.3 is 14.6 Å². The summed E-state index contributed by atoms with van der Waals surface area (Å²) in [5, 5.41) is 8.58. The number of benzene rings is 1. The van der Waals surface area contributed by atoms with Crippen molar-refractivity contribution in [3.8, 4) is 0 Å². The van der Waals surface area contributed by atoms with E-state index in [2.05, 4.69) is 24.3 Å². The van der Waals surface area contributed by atoms with Gasteiger partial charge >= 0.3 is 5.97 Å². The second-order valence-electron chi connectivity index (χ2n) is 5.24. The molecule has 1 aliphatic rings. The lowest BCUT2D eigenvalue weighted by Gasteiger charge is -2.31. The van der Waals surface area contributed by atoms with E-state index >= 15 is 0 Å². The van der Waals surface area contributed by atoms with Crippen LogP contribution < -0.4 is 0 Å². The Morgan fingerprint density at radius 3 is 2.86 bits per heavy atom. The first-order valence-corrected chi connectivity index (χ1v) is 7.38. The molecule has 0 unspecified atom stereocenters. The van der Waals surface area contributed by atoms with Gasteiger partial charge in [0.15, 0.2) is 0 Å². The van der Waals surface area contributed by atoms with Gasteiger partial charge in [-0.25, -0.2) is 0 Å².